The predicted octanol–water partition coefficient (Wildman–Crippen LogP) is 2.68. The van der Waals surface area contributed by atoms with Gasteiger partial charge in [-0.2, -0.15) is 0 Å². The lowest BCUT2D eigenvalue weighted by atomic mass is 9.92. The standard InChI is InChI=1S/C16H22N2O/c1-12-7-8-13(6-5-9-17)14(10-12)18-15(19)11-16(2,3)4/h7-8,10H,9,11,17H2,1-4H3,(H,18,19). The number of benzene rings is 1. The van der Waals surface area contributed by atoms with Crippen molar-refractivity contribution in [2.75, 3.05) is 11.9 Å². The summed E-state index contributed by atoms with van der Waals surface area (Å²) in [5, 5.41) is 2.93. The van der Waals surface area contributed by atoms with E-state index in [2.05, 4.69) is 17.2 Å². The zero-order valence-electron chi connectivity index (χ0n) is 12.1. The zero-order chi connectivity index (χ0) is 14.5. The van der Waals surface area contributed by atoms with Gasteiger partial charge in [-0.25, -0.2) is 0 Å². The lowest BCUT2D eigenvalue weighted by molar-refractivity contribution is -0.117. The molecule has 0 radical (unpaired) electrons. The monoisotopic (exact) mass is 258 g/mol. The topological polar surface area (TPSA) is 55.1 Å². The molecule has 0 heterocycles. The quantitative estimate of drug-likeness (QED) is 0.801. The summed E-state index contributed by atoms with van der Waals surface area (Å²) in [4.78, 5) is 12.0. The number of aryl methyl sites for hydroxylation is 1. The molecule has 0 bridgehead atoms. The fourth-order valence-electron chi connectivity index (χ4n) is 1.69. The van der Waals surface area contributed by atoms with Gasteiger partial charge in [-0.3, -0.25) is 4.79 Å². The van der Waals surface area contributed by atoms with Crippen LogP contribution in [0.5, 0.6) is 0 Å². The fourth-order valence-corrected chi connectivity index (χ4v) is 1.69. The Morgan fingerprint density at radius 1 is 1.37 bits per heavy atom. The summed E-state index contributed by atoms with van der Waals surface area (Å²) in [6, 6.07) is 5.81. The van der Waals surface area contributed by atoms with Crippen LogP contribution >= 0.6 is 0 Å². The highest BCUT2D eigenvalue weighted by atomic mass is 16.1. The molecule has 1 aromatic rings. The van der Waals surface area contributed by atoms with E-state index in [1.54, 1.807) is 0 Å². The van der Waals surface area contributed by atoms with E-state index in [9.17, 15) is 4.79 Å². The zero-order valence-corrected chi connectivity index (χ0v) is 12.1. The Kier molecular flexibility index (Phi) is 5.14. The van der Waals surface area contributed by atoms with E-state index >= 15 is 0 Å². The van der Waals surface area contributed by atoms with Crippen LogP contribution in [0.25, 0.3) is 0 Å². The molecule has 1 rings (SSSR count). The van der Waals surface area contributed by atoms with Crippen LogP contribution in [-0.2, 0) is 4.79 Å². The summed E-state index contributed by atoms with van der Waals surface area (Å²) in [6.45, 7) is 8.41. The van der Waals surface area contributed by atoms with Crippen LogP contribution in [0.2, 0.25) is 0 Å². The Balaban J connectivity index is 2.93. The van der Waals surface area contributed by atoms with Crippen molar-refractivity contribution >= 4 is 11.6 Å². The summed E-state index contributed by atoms with van der Waals surface area (Å²) in [5.74, 6) is 5.80. The van der Waals surface area contributed by atoms with Crippen molar-refractivity contribution in [3.63, 3.8) is 0 Å². The highest BCUT2D eigenvalue weighted by Gasteiger charge is 2.16. The summed E-state index contributed by atoms with van der Waals surface area (Å²) in [6.07, 6.45) is 0.477. The number of rotatable bonds is 2. The van der Waals surface area contributed by atoms with E-state index in [1.807, 2.05) is 45.9 Å². The lowest BCUT2D eigenvalue weighted by Crippen LogP contribution is -2.20. The molecule has 19 heavy (non-hydrogen) atoms. The Hall–Kier alpha value is -1.79. The second-order valence-corrected chi connectivity index (χ2v) is 5.84. The minimum Gasteiger partial charge on any atom is -0.325 e. The molecule has 0 aliphatic heterocycles. The van der Waals surface area contributed by atoms with Crippen molar-refractivity contribution in [1.82, 2.24) is 0 Å². The van der Waals surface area contributed by atoms with Crippen molar-refractivity contribution in [2.45, 2.75) is 34.1 Å². The molecule has 1 aromatic carbocycles. The Bertz CT molecular complexity index is 516. The minimum absolute atomic E-state index is 0.00824. The molecule has 0 aromatic heterocycles. The van der Waals surface area contributed by atoms with Crippen LogP contribution in [0.3, 0.4) is 0 Å². The van der Waals surface area contributed by atoms with Gasteiger partial charge < -0.3 is 11.1 Å². The molecule has 0 atom stereocenters. The van der Waals surface area contributed by atoms with E-state index in [-0.39, 0.29) is 11.3 Å². The molecular formula is C16H22N2O. The van der Waals surface area contributed by atoms with Gasteiger partial charge in [0.2, 0.25) is 5.91 Å². The molecule has 0 unspecified atom stereocenters. The Morgan fingerprint density at radius 2 is 2.05 bits per heavy atom. The summed E-state index contributed by atoms with van der Waals surface area (Å²) in [7, 11) is 0. The van der Waals surface area contributed by atoms with Crippen LogP contribution in [0.15, 0.2) is 18.2 Å². The summed E-state index contributed by atoms with van der Waals surface area (Å²) >= 11 is 0. The summed E-state index contributed by atoms with van der Waals surface area (Å²) in [5.41, 5.74) is 8.00. The number of anilines is 1. The van der Waals surface area contributed by atoms with Gasteiger partial charge in [0, 0.05) is 12.0 Å². The first kappa shape index (κ1) is 15.3. The molecular weight excluding hydrogens is 236 g/mol. The average molecular weight is 258 g/mol. The highest BCUT2D eigenvalue weighted by Crippen LogP contribution is 2.21. The molecule has 1 amide bonds. The molecule has 102 valence electrons. The van der Waals surface area contributed by atoms with Gasteiger partial charge in [-0.1, -0.05) is 38.7 Å². The van der Waals surface area contributed by atoms with E-state index < -0.39 is 0 Å². The van der Waals surface area contributed by atoms with Gasteiger partial charge in [0.25, 0.3) is 0 Å². The normalized spacial score (nSPS) is 10.6. The van der Waals surface area contributed by atoms with E-state index in [4.69, 9.17) is 5.73 Å². The van der Waals surface area contributed by atoms with Crippen molar-refractivity contribution in [2.24, 2.45) is 11.1 Å². The van der Waals surface area contributed by atoms with E-state index in [1.165, 1.54) is 0 Å². The highest BCUT2D eigenvalue weighted by molar-refractivity contribution is 5.92. The van der Waals surface area contributed by atoms with Crippen molar-refractivity contribution in [1.29, 1.82) is 0 Å². The maximum absolute atomic E-state index is 12.0. The smallest absolute Gasteiger partial charge is 0.224 e. The second kappa shape index (κ2) is 6.40. The second-order valence-electron chi connectivity index (χ2n) is 5.84. The maximum Gasteiger partial charge on any atom is 0.224 e. The molecule has 0 fully saturated rings. The van der Waals surface area contributed by atoms with Crippen molar-refractivity contribution in [3.8, 4) is 11.8 Å². The van der Waals surface area contributed by atoms with Gasteiger partial charge >= 0.3 is 0 Å². The number of hydrogen-bond acceptors (Lipinski definition) is 2. The van der Waals surface area contributed by atoms with Gasteiger partial charge in [0.1, 0.15) is 0 Å². The summed E-state index contributed by atoms with van der Waals surface area (Å²) < 4.78 is 0. The molecule has 3 N–H and O–H groups in total. The third-order valence-electron chi connectivity index (χ3n) is 2.47. The van der Waals surface area contributed by atoms with Gasteiger partial charge in [-0.05, 0) is 30.0 Å². The van der Waals surface area contributed by atoms with Gasteiger partial charge in [-0.15, -0.1) is 0 Å². The molecule has 0 spiro atoms. The number of nitrogens with two attached hydrogens (primary N) is 1. The van der Waals surface area contributed by atoms with Gasteiger partial charge in [0.05, 0.1) is 12.2 Å². The first-order valence-corrected chi connectivity index (χ1v) is 6.41. The van der Waals surface area contributed by atoms with Crippen LogP contribution in [0.1, 0.15) is 38.3 Å². The van der Waals surface area contributed by atoms with Crippen LogP contribution in [0, 0.1) is 24.2 Å². The van der Waals surface area contributed by atoms with Crippen molar-refractivity contribution in [3.05, 3.63) is 29.3 Å². The SMILES string of the molecule is Cc1ccc(C#CCN)c(NC(=O)CC(C)(C)C)c1. The third kappa shape index (κ3) is 5.58. The predicted molar refractivity (Wildman–Crippen MR) is 79.8 cm³/mol. The van der Waals surface area contributed by atoms with E-state index in [0.717, 1.165) is 16.8 Å². The Labute approximate surface area is 115 Å². The van der Waals surface area contributed by atoms with Gasteiger partial charge in [0.15, 0.2) is 0 Å². The van der Waals surface area contributed by atoms with Crippen LogP contribution in [-0.4, -0.2) is 12.5 Å². The fraction of sp³-hybridized carbons (Fsp3) is 0.438. The third-order valence-corrected chi connectivity index (χ3v) is 2.47. The number of hydrogen-bond donors (Lipinski definition) is 2. The first-order chi connectivity index (χ1) is 8.81. The average Bonchev–Trinajstić information content (AvgIpc) is 2.25. The molecule has 0 aliphatic carbocycles. The number of nitrogens with one attached hydrogen (secondary N) is 1. The van der Waals surface area contributed by atoms with Crippen LogP contribution in [0.4, 0.5) is 5.69 Å². The van der Waals surface area contributed by atoms with Crippen molar-refractivity contribution < 1.29 is 4.79 Å². The molecule has 0 saturated heterocycles. The minimum atomic E-state index is -0.0307. The number of carbonyl (C=O) groups excluding carboxylic acids is 1. The molecule has 0 aliphatic rings. The maximum atomic E-state index is 12.0. The largest absolute Gasteiger partial charge is 0.325 e. The van der Waals surface area contributed by atoms with E-state index in [0.29, 0.717) is 13.0 Å². The first-order valence-electron chi connectivity index (χ1n) is 6.41. The lowest BCUT2D eigenvalue weighted by Gasteiger charge is -2.18. The van der Waals surface area contributed by atoms with Crippen LogP contribution < -0.4 is 11.1 Å². The molecule has 0 saturated carbocycles. The molecule has 3 heteroatoms. The Morgan fingerprint density at radius 3 is 2.63 bits per heavy atom. The number of amides is 1. The molecule has 3 nitrogen and oxygen atoms in total. The number of carbonyl (C=O) groups is 1.